The predicted octanol–water partition coefficient (Wildman–Crippen LogP) is 1.99. The molecule has 1 aliphatic heterocycles. The minimum atomic E-state index is -1.15. The highest BCUT2D eigenvalue weighted by Gasteiger charge is 2.41. The van der Waals surface area contributed by atoms with E-state index in [1.807, 2.05) is 20.8 Å². The number of hydrogen-bond acceptors (Lipinski definition) is 1. The molecular weight excluding hydrogens is 169 g/mol. The van der Waals surface area contributed by atoms with E-state index < -0.39 is 5.67 Å². The van der Waals surface area contributed by atoms with Crippen LogP contribution in [0.15, 0.2) is 0 Å². The highest BCUT2D eigenvalue weighted by Crippen LogP contribution is 2.28. The number of carbonyl (C=O) groups excluding carboxylic acids is 1. The van der Waals surface area contributed by atoms with Crippen LogP contribution in [0.2, 0.25) is 0 Å². The predicted molar refractivity (Wildman–Crippen MR) is 50.2 cm³/mol. The molecule has 0 aromatic rings. The molecule has 1 rings (SSSR count). The first-order valence-corrected chi connectivity index (χ1v) is 4.66. The Bertz CT molecular complexity index is 209. The fourth-order valence-electron chi connectivity index (χ4n) is 1.49. The van der Waals surface area contributed by atoms with Gasteiger partial charge in [-0.2, -0.15) is 0 Å². The van der Waals surface area contributed by atoms with Crippen molar-refractivity contribution in [2.45, 2.75) is 39.8 Å². The van der Waals surface area contributed by atoms with Gasteiger partial charge in [0.15, 0.2) is 0 Å². The van der Waals surface area contributed by atoms with E-state index in [4.69, 9.17) is 0 Å². The summed E-state index contributed by atoms with van der Waals surface area (Å²) in [4.78, 5) is 13.1. The Hall–Kier alpha value is -0.600. The van der Waals surface area contributed by atoms with Crippen LogP contribution in [-0.2, 0) is 4.79 Å². The first-order valence-electron chi connectivity index (χ1n) is 4.66. The van der Waals surface area contributed by atoms with Crippen molar-refractivity contribution in [2.24, 2.45) is 5.41 Å². The number of carbonyl (C=O) groups is 1. The van der Waals surface area contributed by atoms with E-state index in [2.05, 4.69) is 0 Å². The van der Waals surface area contributed by atoms with Crippen LogP contribution in [0.25, 0.3) is 0 Å². The van der Waals surface area contributed by atoms with Crippen LogP contribution in [0.5, 0.6) is 0 Å². The van der Waals surface area contributed by atoms with E-state index in [0.29, 0.717) is 6.42 Å². The second-order valence-corrected chi connectivity index (χ2v) is 5.40. The molecule has 1 saturated heterocycles. The van der Waals surface area contributed by atoms with E-state index >= 15 is 0 Å². The van der Waals surface area contributed by atoms with Crippen molar-refractivity contribution in [3.05, 3.63) is 0 Å². The lowest BCUT2D eigenvalue weighted by Crippen LogP contribution is -2.59. The maximum atomic E-state index is 13.1. The minimum absolute atomic E-state index is 0.000608. The second kappa shape index (κ2) is 2.96. The van der Waals surface area contributed by atoms with Crippen LogP contribution in [0, 0.1) is 5.41 Å². The van der Waals surface area contributed by atoms with Crippen molar-refractivity contribution in [3.8, 4) is 0 Å². The first-order chi connectivity index (χ1) is 5.70. The SMILES string of the molecule is CC(C)(C)CC(=O)N1CC(C)(F)C1. The van der Waals surface area contributed by atoms with Gasteiger partial charge in [0.2, 0.25) is 5.91 Å². The summed E-state index contributed by atoms with van der Waals surface area (Å²) in [6, 6.07) is 0. The Labute approximate surface area is 79.1 Å². The number of rotatable bonds is 1. The summed E-state index contributed by atoms with van der Waals surface area (Å²) < 4.78 is 13.1. The Kier molecular flexibility index (Phi) is 2.39. The molecule has 0 atom stereocenters. The number of likely N-dealkylation sites (tertiary alicyclic amines) is 1. The van der Waals surface area contributed by atoms with Gasteiger partial charge in [-0.3, -0.25) is 4.79 Å². The average molecular weight is 187 g/mol. The van der Waals surface area contributed by atoms with Crippen molar-refractivity contribution in [3.63, 3.8) is 0 Å². The largest absolute Gasteiger partial charge is 0.336 e. The molecular formula is C10H18FNO. The van der Waals surface area contributed by atoms with E-state index in [-0.39, 0.29) is 24.4 Å². The van der Waals surface area contributed by atoms with Crippen molar-refractivity contribution in [2.75, 3.05) is 13.1 Å². The van der Waals surface area contributed by atoms with E-state index in [9.17, 15) is 9.18 Å². The van der Waals surface area contributed by atoms with Crippen LogP contribution in [0.1, 0.15) is 34.1 Å². The molecule has 13 heavy (non-hydrogen) atoms. The smallest absolute Gasteiger partial charge is 0.223 e. The van der Waals surface area contributed by atoms with E-state index in [1.165, 1.54) is 6.92 Å². The lowest BCUT2D eigenvalue weighted by atomic mass is 9.89. The third-order valence-corrected chi connectivity index (χ3v) is 2.08. The number of hydrogen-bond donors (Lipinski definition) is 0. The molecule has 0 aromatic carbocycles. The van der Waals surface area contributed by atoms with Gasteiger partial charge in [-0.15, -0.1) is 0 Å². The maximum absolute atomic E-state index is 13.1. The molecule has 0 bridgehead atoms. The molecule has 1 amide bonds. The van der Waals surface area contributed by atoms with Gasteiger partial charge in [0, 0.05) is 6.42 Å². The zero-order valence-corrected chi connectivity index (χ0v) is 8.85. The van der Waals surface area contributed by atoms with Gasteiger partial charge in [0.05, 0.1) is 13.1 Å². The topological polar surface area (TPSA) is 20.3 Å². The standard InChI is InChI=1S/C10H18FNO/c1-9(2,3)5-8(13)12-6-10(4,11)7-12/h5-7H2,1-4H3. The van der Waals surface area contributed by atoms with Crippen LogP contribution in [-0.4, -0.2) is 29.6 Å². The van der Waals surface area contributed by atoms with Crippen LogP contribution >= 0.6 is 0 Å². The highest BCUT2D eigenvalue weighted by atomic mass is 19.1. The van der Waals surface area contributed by atoms with Crippen LogP contribution in [0.4, 0.5) is 4.39 Å². The Morgan fingerprint density at radius 2 is 1.92 bits per heavy atom. The summed E-state index contributed by atoms with van der Waals surface area (Å²) >= 11 is 0. The summed E-state index contributed by atoms with van der Waals surface area (Å²) in [6.45, 7) is 8.11. The molecule has 0 aromatic heterocycles. The zero-order chi connectivity index (χ0) is 10.3. The van der Waals surface area contributed by atoms with Gasteiger partial charge in [0.25, 0.3) is 0 Å². The van der Waals surface area contributed by atoms with Crippen LogP contribution in [0.3, 0.4) is 0 Å². The van der Waals surface area contributed by atoms with Crippen molar-refractivity contribution in [1.82, 2.24) is 4.90 Å². The van der Waals surface area contributed by atoms with Gasteiger partial charge in [-0.1, -0.05) is 20.8 Å². The zero-order valence-electron chi connectivity index (χ0n) is 8.85. The van der Waals surface area contributed by atoms with Gasteiger partial charge in [-0.05, 0) is 12.3 Å². The highest BCUT2D eigenvalue weighted by molar-refractivity contribution is 5.78. The fourth-order valence-corrected chi connectivity index (χ4v) is 1.49. The summed E-state index contributed by atoms with van der Waals surface area (Å²) in [5, 5.41) is 0. The van der Waals surface area contributed by atoms with Gasteiger partial charge < -0.3 is 4.90 Å². The molecule has 0 N–H and O–H groups in total. The molecule has 1 fully saturated rings. The molecule has 0 unspecified atom stereocenters. The minimum Gasteiger partial charge on any atom is -0.336 e. The monoisotopic (exact) mass is 187 g/mol. The molecule has 1 heterocycles. The Morgan fingerprint density at radius 1 is 1.46 bits per heavy atom. The normalized spacial score (nSPS) is 21.2. The van der Waals surface area contributed by atoms with Gasteiger partial charge in [0.1, 0.15) is 5.67 Å². The molecule has 76 valence electrons. The summed E-state index contributed by atoms with van der Waals surface area (Å²) in [7, 11) is 0. The molecule has 0 saturated carbocycles. The van der Waals surface area contributed by atoms with Gasteiger partial charge >= 0.3 is 0 Å². The number of halogens is 1. The van der Waals surface area contributed by atoms with Crippen LogP contribution < -0.4 is 0 Å². The number of amides is 1. The number of nitrogens with zero attached hydrogens (tertiary/aromatic N) is 1. The molecule has 0 radical (unpaired) electrons. The summed E-state index contributed by atoms with van der Waals surface area (Å²) in [5.41, 5.74) is -1.15. The fraction of sp³-hybridized carbons (Fsp3) is 0.900. The lowest BCUT2D eigenvalue weighted by Gasteiger charge is -2.43. The lowest BCUT2D eigenvalue weighted by molar-refractivity contribution is -0.146. The molecule has 2 nitrogen and oxygen atoms in total. The van der Waals surface area contributed by atoms with E-state index in [1.54, 1.807) is 4.90 Å². The summed E-state index contributed by atoms with van der Waals surface area (Å²) in [6.07, 6.45) is 0.503. The average Bonchev–Trinajstić information content (AvgIpc) is 1.77. The third-order valence-electron chi connectivity index (χ3n) is 2.08. The molecule has 0 spiro atoms. The quantitative estimate of drug-likeness (QED) is 0.614. The summed E-state index contributed by atoms with van der Waals surface area (Å²) in [5.74, 6) is 0.0719. The molecule has 0 aliphatic carbocycles. The Balaban J connectivity index is 2.36. The van der Waals surface area contributed by atoms with Crippen molar-refractivity contribution >= 4 is 5.91 Å². The third kappa shape index (κ3) is 2.98. The van der Waals surface area contributed by atoms with E-state index in [0.717, 1.165) is 0 Å². The Morgan fingerprint density at radius 3 is 2.23 bits per heavy atom. The molecule has 1 aliphatic rings. The van der Waals surface area contributed by atoms with Gasteiger partial charge in [-0.25, -0.2) is 4.39 Å². The van der Waals surface area contributed by atoms with Crippen molar-refractivity contribution < 1.29 is 9.18 Å². The van der Waals surface area contributed by atoms with Crippen molar-refractivity contribution in [1.29, 1.82) is 0 Å². The maximum Gasteiger partial charge on any atom is 0.223 e. The number of alkyl halides is 1. The first kappa shape index (κ1) is 10.5. The molecule has 3 heteroatoms. The second-order valence-electron chi connectivity index (χ2n) is 5.40.